The molecule has 0 radical (unpaired) electrons. The van der Waals surface area contributed by atoms with Gasteiger partial charge in [-0.05, 0) is 50.4 Å². The first kappa shape index (κ1) is 20.1. The Balaban J connectivity index is 1.27. The molecule has 2 N–H and O–H groups in total. The lowest BCUT2D eigenvalue weighted by molar-refractivity contribution is -0.136. The van der Waals surface area contributed by atoms with Gasteiger partial charge in [-0.25, -0.2) is 0 Å². The van der Waals surface area contributed by atoms with Crippen molar-refractivity contribution >= 4 is 29.3 Å². The second kappa shape index (κ2) is 8.05. The fourth-order valence-corrected chi connectivity index (χ4v) is 4.92. The Morgan fingerprint density at radius 2 is 1.68 bits per heavy atom. The third kappa shape index (κ3) is 3.72. The first-order valence-corrected chi connectivity index (χ1v) is 11.0. The number of fused-ring (bicyclic) bond motifs is 1. The molecule has 5 rings (SSSR count). The molecule has 2 unspecified atom stereocenters. The molecule has 0 saturated carbocycles. The van der Waals surface area contributed by atoms with Crippen molar-refractivity contribution in [1.82, 2.24) is 15.5 Å². The molecule has 9 heteroatoms. The molecule has 9 nitrogen and oxygen atoms in total. The molecule has 31 heavy (non-hydrogen) atoms. The molecule has 0 aliphatic carbocycles. The zero-order valence-corrected chi connectivity index (χ0v) is 17.3. The number of hydrogen-bond donors (Lipinski definition) is 2. The lowest BCUT2D eigenvalue weighted by Gasteiger charge is -2.34. The van der Waals surface area contributed by atoms with E-state index >= 15 is 0 Å². The van der Waals surface area contributed by atoms with Gasteiger partial charge in [-0.1, -0.05) is 0 Å². The maximum atomic E-state index is 13.0. The van der Waals surface area contributed by atoms with Crippen molar-refractivity contribution in [1.29, 1.82) is 0 Å². The van der Waals surface area contributed by atoms with Crippen LogP contribution >= 0.6 is 0 Å². The molecule has 2 atom stereocenters. The Hall–Kier alpha value is -2.78. The lowest BCUT2D eigenvalue weighted by Crippen LogP contribution is -2.54. The van der Waals surface area contributed by atoms with E-state index in [1.807, 2.05) is 6.07 Å². The average Bonchev–Trinajstić information content (AvgIpc) is 3.36. The molecule has 4 heterocycles. The van der Waals surface area contributed by atoms with Gasteiger partial charge in [-0.15, -0.1) is 0 Å². The Labute approximate surface area is 180 Å². The van der Waals surface area contributed by atoms with Crippen LogP contribution in [0, 0.1) is 0 Å². The number of piperidine rings is 2. The topological polar surface area (TPSA) is 108 Å². The van der Waals surface area contributed by atoms with Gasteiger partial charge < -0.3 is 15.0 Å². The molecule has 3 fully saturated rings. The number of amides is 4. The highest BCUT2D eigenvalue weighted by Gasteiger charge is 2.44. The van der Waals surface area contributed by atoms with Crippen LogP contribution in [0.3, 0.4) is 0 Å². The van der Waals surface area contributed by atoms with Crippen LogP contribution in [0.2, 0.25) is 0 Å². The summed E-state index contributed by atoms with van der Waals surface area (Å²) >= 11 is 0. The number of nitrogens with zero attached hydrogens (tertiary/aromatic N) is 2. The minimum Gasteiger partial charge on any atom is -0.373 e. The number of nitrogens with one attached hydrogen (secondary N) is 2. The van der Waals surface area contributed by atoms with Crippen LogP contribution in [0.5, 0.6) is 0 Å². The van der Waals surface area contributed by atoms with E-state index in [2.05, 4.69) is 15.5 Å². The molecule has 0 spiro atoms. The Bertz CT molecular complexity index is 934. The molecule has 1 aromatic rings. The standard InChI is InChI=1S/C22H26N4O5/c27-19-4-3-18(20(28)24-19)26-21(29)16-2-1-13(11-17(16)22(26)30)25-9-6-14(7-10-25)31-15-5-8-23-12-15/h1-2,11,14-15,18,23H,3-10,12H2,(H,24,27,28). The zero-order chi connectivity index (χ0) is 21.5. The van der Waals surface area contributed by atoms with Gasteiger partial charge in [0.2, 0.25) is 11.8 Å². The summed E-state index contributed by atoms with van der Waals surface area (Å²) in [6.45, 7) is 3.58. The number of anilines is 1. The van der Waals surface area contributed by atoms with Crippen molar-refractivity contribution in [3.63, 3.8) is 0 Å². The highest BCUT2D eigenvalue weighted by molar-refractivity contribution is 6.23. The summed E-state index contributed by atoms with van der Waals surface area (Å²) in [5, 5.41) is 5.54. The van der Waals surface area contributed by atoms with Crippen molar-refractivity contribution in [2.45, 2.75) is 50.4 Å². The number of carbonyl (C=O) groups excluding carboxylic acids is 4. The number of rotatable bonds is 4. The van der Waals surface area contributed by atoms with Crippen molar-refractivity contribution in [2.24, 2.45) is 0 Å². The van der Waals surface area contributed by atoms with Crippen LogP contribution in [0.25, 0.3) is 0 Å². The Morgan fingerprint density at radius 1 is 0.903 bits per heavy atom. The number of imide groups is 2. The van der Waals surface area contributed by atoms with Crippen molar-refractivity contribution in [3.8, 4) is 0 Å². The molecule has 3 saturated heterocycles. The fourth-order valence-electron chi connectivity index (χ4n) is 4.92. The maximum absolute atomic E-state index is 13.0. The lowest BCUT2D eigenvalue weighted by atomic mass is 10.0. The van der Waals surface area contributed by atoms with Gasteiger partial charge in [-0.3, -0.25) is 29.4 Å². The molecule has 164 valence electrons. The third-order valence-corrected chi connectivity index (χ3v) is 6.63. The summed E-state index contributed by atoms with van der Waals surface area (Å²) in [6, 6.07) is 4.35. The predicted molar refractivity (Wildman–Crippen MR) is 111 cm³/mol. The van der Waals surface area contributed by atoms with Gasteiger partial charge in [-0.2, -0.15) is 0 Å². The summed E-state index contributed by atoms with van der Waals surface area (Å²) in [4.78, 5) is 52.7. The van der Waals surface area contributed by atoms with E-state index in [9.17, 15) is 19.2 Å². The van der Waals surface area contributed by atoms with E-state index in [0.29, 0.717) is 17.2 Å². The maximum Gasteiger partial charge on any atom is 0.262 e. The van der Waals surface area contributed by atoms with Gasteiger partial charge >= 0.3 is 0 Å². The normalized spacial score (nSPS) is 27.1. The smallest absolute Gasteiger partial charge is 0.262 e. The molecule has 0 bridgehead atoms. The van der Waals surface area contributed by atoms with Gasteiger partial charge in [0, 0.05) is 31.7 Å². The zero-order valence-electron chi connectivity index (χ0n) is 17.3. The fraction of sp³-hybridized carbons (Fsp3) is 0.545. The summed E-state index contributed by atoms with van der Waals surface area (Å²) in [7, 11) is 0. The van der Waals surface area contributed by atoms with Crippen molar-refractivity contribution in [3.05, 3.63) is 29.3 Å². The highest BCUT2D eigenvalue weighted by atomic mass is 16.5. The Kier molecular flexibility index (Phi) is 5.23. The molecular formula is C22H26N4O5. The van der Waals surface area contributed by atoms with E-state index in [-0.39, 0.29) is 24.9 Å². The highest BCUT2D eigenvalue weighted by Crippen LogP contribution is 2.32. The second-order valence-corrected chi connectivity index (χ2v) is 8.61. The minimum atomic E-state index is -0.938. The minimum absolute atomic E-state index is 0.114. The van der Waals surface area contributed by atoms with E-state index in [0.717, 1.165) is 56.0 Å². The first-order valence-electron chi connectivity index (χ1n) is 11.0. The van der Waals surface area contributed by atoms with Crippen LogP contribution in [0.15, 0.2) is 18.2 Å². The molecule has 0 aromatic heterocycles. The summed E-state index contributed by atoms with van der Waals surface area (Å²) in [5.74, 6) is -1.91. The van der Waals surface area contributed by atoms with Gasteiger partial charge in [0.1, 0.15) is 6.04 Å². The van der Waals surface area contributed by atoms with Gasteiger partial charge in [0.05, 0.1) is 23.3 Å². The van der Waals surface area contributed by atoms with Crippen molar-refractivity contribution < 1.29 is 23.9 Å². The Morgan fingerprint density at radius 3 is 2.39 bits per heavy atom. The molecule has 4 aliphatic heterocycles. The van der Waals surface area contributed by atoms with Crippen LogP contribution < -0.4 is 15.5 Å². The quantitative estimate of drug-likeness (QED) is 0.673. The van der Waals surface area contributed by atoms with Crippen molar-refractivity contribution in [2.75, 3.05) is 31.1 Å². The number of benzene rings is 1. The summed E-state index contributed by atoms with van der Waals surface area (Å²) < 4.78 is 6.18. The second-order valence-electron chi connectivity index (χ2n) is 8.61. The van der Waals surface area contributed by atoms with E-state index in [1.54, 1.807) is 12.1 Å². The third-order valence-electron chi connectivity index (χ3n) is 6.63. The van der Waals surface area contributed by atoms with E-state index < -0.39 is 23.8 Å². The molecule has 4 aliphatic rings. The summed E-state index contributed by atoms with van der Waals surface area (Å²) in [6.07, 6.45) is 3.73. The number of carbonyl (C=O) groups is 4. The van der Waals surface area contributed by atoms with Crippen LogP contribution in [-0.2, 0) is 14.3 Å². The predicted octanol–water partition coefficient (Wildman–Crippen LogP) is 0.435. The van der Waals surface area contributed by atoms with E-state index in [4.69, 9.17) is 4.74 Å². The van der Waals surface area contributed by atoms with Crippen LogP contribution in [-0.4, -0.2) is 73.0 Å². The van der Waals surface area contributed by atoms with Gasteiger partial charge in [0.25, 0.3) is 11.8 Å². The van der Waals surface area contributed by atoms with Gasteiger partial charge in [0.15, 0.2) is 0 Å². The van der Waals surface area contributed by atoms with Crippen LogP contribution in [0.4, 0.5) is 5.69 Å². The van der Waals surface area contributed by atoms with E-state index in [1.165, 1.54) is 0 Å². The average molecular weight is 426 g/mol. The molecule has 4 amide bonds. The number of hydrogen-bond acceptors (Lipinski definition) is 7. The SMILES string of the molecule is O=C1CCC(N2C(=O)c3ccc(N4CCC(OC5CCNC5)CC4)cc3C2=O)C(=O)N1. The van der Waals surface area contributed by atoms with Crippen LogP contribution in [0.1, 0.15) is 52.8 Å². The summed E-state index contributed by atoms with van der Waals surface area (Å²) in [5.41, 5.74) is 1.53. The molecular weight excluding hydrogens is 400 g/mol. The largest absolute Gasteiger partial charge is 0.373 e. The molecule has 1 aromatic carbocycles. The monoisotopic (exact) mass is 426 g/mol. The number of ether oxygens (including phenoxy) is 1. The first-order chi connectivity index (χ1) is 15.0.